The summed E-state index contributed by atoms with van der Waals surface area (Å²) >= 11 is 5.72. The molecule has 3 heteroatoms. The lowest BCUT2D eigenvalue weighted by Gasteiger charge is -2.51. The molecule has 1 saturated heterocycles. The second-order valence-electron chi connectivity index (χ2n) is 7.00. The highest BCUT2D eigenvalue weighted by Crippen LogP contribution is 2.38. The molecule has 2 aliphatic rings. The Morgan fingerprint density at radius 1 is 1.33 bits per heavy atom. The molecule has 1 saturated carbocycles. The summed E-state index contributed by atoms with van der Waals surface area (Å²) in [6.45, 7) is 10.3. The maximum Gasteiger partial charge on any atom is 0.0338 e. The number of hydrogen-bond donors (Lipinski definition) is 1. The van der Waals surface area contributed by atoms with Gasteiger partial charge in [0, 0.05) is 36.8 Å². The zero-order valence-electron chi connectivity index (χ0n) is 12.0. The number of nitrogens with zero attached hydrogens (tertiary/aromatic N) is 1. The van der Waals surface area contributed by atoms with Crippen molar-refractivity contribution in [3.05, 3.63) is 11.6 Å². The fourth-order valence-electron chi connectivity index (χ4n) is 3.45. The molecule has 0 bridgehead atoms. The van der Waals surface area contributed by atoms with Crippen LogP contribution in [-0.2, 0) is 0 Å². The Hall–Kier alpha value is -0.0500. The minimum atomic E-state index is 0.323. The highest BCUT2D eigenvalue weighted by atomic mass is 35.5. The average Bonchev–Trinajstić information content (AvgIpc) is 2.76. The Labute approximate surface area is 117 Å². The molecule has 1 aliphatic carbocycles. The van der Waals surface area contributed by atoms with E-state index in [1.807, 2.05) is 0 Å². The molecule has 1 unspecified atom stereocenters. The molecule has 104 valence electrons. The Morgan fingerprint density at radius 3 is 2.56 bits per heavy atom. The van der Waals surface area contributed by atoms with Crippen molar-refractivity contribution in [1.29, 1.82) is 0 Å². The number of rotatable bonds is 2. The van der Waals surface area contributed by atoms with Crippen LogP contribution in [0.2, 0.25) is 0 Å². The summed E-state index contributed by atoms with van der Waals surface area (Å²) in [4.78, 5) is 2.67. The molecule has 0 radical (unpaired) electrons. The Balaban J connectivity index is 2.10. The first-order chi connectivity index (χ1) is 8.48. The van der Waals surface area contributed by atoms with Crippen molar-refractivity contribution >= 4 is 11.6 Å². The first-order valence-corrected chi connectivity index (χ1v) is 7.65. The summed E-state index contributed by atoms with van der Waals surface area (Å²) < 4.78 is 0. The van der Waals surface area contributed by atoms with E-state index in [2.05, 4.69) is 37.1 Å². The van der Waals surface area contributed by atoms with Gasteiger partial charge in [-0.2, -0.15) is 0 Å². The molecule has 0 aromatic carbocycles. The molecule has 1 spiro atoms. The van der Waals surface area contributed by atoms with Gasteiger partial charge >= 0.3 is 0 Å². The standard InChI is InChI=1S/C15H27ClN2/c1-14(2,3)13-11-18(10-6-9-16)15(12-17-13)7-4-5-8-15/h6,9,13,17H,4-5,7-8,10-12H2,1-3H3/b9-6+. The van der Waals surface area contributed by atoms with Crippen LogP contribution in [0.4, 0.5) is 0 Å². The van der Waals surface area contributed by atoms with Gasteiger partial charge in [-0.05, 0) is 18.3 Å². The van der Waals surface area contributed by atoms with E-state index in [0.29, 0.717) is 17.0 Å². The molecular formula is C15H27ClN2. The van der Waals surface area contributed by atoms with Gasteiger partial charge in [-0.25, -0.2) is 0 Å². The van der Waals surface area contributed by atoms with E-state index in [4.69, 9.17) is 11.6 Å². The maximum absolute atomic E-state index is 5.72. The van der Waals surface area contributed by atoms with Gasteiger partial charge in [-0.1, -0.05) is 51.3 Å². The second kappa shape index (κ2) is 5.52. The van der Waals surface area contributed by atoms with Gasteiger partial charge in [0.25, 0.3) is 0 Å². The van der Waals surface area contributed by atoms with Crippen molar-refractivity contribution < 1.29 is 0 Å². The second-order valence-corrected chi connectivity index (χ2v) is 7.25. The van der Waals surface area contributed by atoms with E-state index >= 15 is 0 Å². The first kappa shape index (κ1) is 14.4. The summed E-state index contributed by atoms with van der Waals surface area (Å²) in [5, 5.41) is 3.80. The van der Waals surface area contributed by atoms with Crippen LogP contribution in [0, 0.1) is 5.41 Å². The highest BCUT2D eigenvalue weighted by Gasteiger charge is 2.44. The van der Waals surface area contributed by atoms with Crippen LogP contribution >= 0.6 is 11.6 Å². The topological polar surface area (TPSA) is 15.3 Å². The Kier molecular flexibility index (Phi) is 4.40. The molecule has 1 heterocycles. The molecule has 1 aliphatic heterocycles. The minimum Gasteiger partial charge on any atom is -0.310 e. The van der Waals surface area contributed by atoms with E-state index in [0.717, 1.165) is 19.6 Å². The third-order valence-electron chi connectivity index (χ3n) is 4.75. The normalized spacial score (nSPS) is 29.4. The fraction of sp³-hybridized carbons (Fsp3) is 0.867. The predicted octanol–water partition coefficient (Wildman–Crippen LogP) is 3.37. The van der Waals surface area contributed by atoms with E-state index in [1.165, 1.54) is 25.7 Å². The predicted molar refractivity (Wildman–Crippen MR) is 79.0 cm³/mol. The lowest BCUT2D eigenvalue weighted by molar-refractivity contribution is 0.0265. The zero-order chi connectivity index (χ0) is 13.2. The summed E-state index contributed by atoms with van der Waals surface area (Å²) in [6, 6.07) is 0.576. The van der Waals surface area contributed by atoms with Crippen molar-refractivity contribution in [2.75, 3.05) is 19.6 Å². The molecular weight excluding hydrogens is 244 g/mol. The molecule has 2 nitrogen and oxygen atoms in total. The summed E-state index contributed by atoms with van der Waals surface area (Å²) in [6.07, 6.45) is 7.53. The van der Waals surface area contributed by atoms with Crippen LogP contribution in [0.5, 0.6) is 0 Å². The number of halogens is 1. The third-order valence-corrected chi connectivity index (χ3v) is 4.92. The Bertz CT molecular complexity index is 300. The van der Waals surface area contributed by atoms with Gasteiger partial charge < -0.3 is 5.32 Å². The van der Waals surface area contributed by atoms with Gasteiger partial charge in [0.2, 0.25) is 0 Å². The van der Waals surface area contributed by atoms with Crippen molar-refractivity contribution in [2.24, 2.45) is 5.41 Å². The largest absolute Gasteiger partial charge is 0.310 e. The highest BCUT2D eigenvalue weighted by molar-refractivity contribution is 6.25. The van der Waals surface area contributed by atoms with Gasteiger partial charge in [-0.3, -0.25) is 4.90 Å². The van der Waals surface area contributed by atoms with Crippen LogP contribution in [0.25, 0.3) is 0 Å². The summed E-state index contributed by atoms with van der Waals surface area (Å²) in [7, 11) is 0. The van der Waals surface area contributed by atoms with Crippen LogP contribution < -0.4 is 5.32 Å². The van der Waals surface area contributed by atoms with Crippen molar-refractivity contribution in [3.8, 4) is 0 Å². The molecule has 2 rings (SSSR count). The lowest BCUT2D eigenvalue weighted by Crippen LogP contribution is -2.66. The molecule has 18 heavy (non-hydrogen) atoms. The maximum atomic E-state index is 5.72. The molecule has 1 N–H and O–H groups in total. The molecule has 1 atom stereocenters. The molecule has 2 fully saturated rings. The van der Waals surface area contributed by atoms with Crippen LogP contribution in [0.1, 0.15) is 46.5 Å². The zero-order valence-corrected chi connectivity index (χ0v) is 12.8. The quantitative estimate of drug-likeness (QED) is 0.828. The molecule has 0 aromatic rings. The van der Waals surface area contributed by atoms with Crippen LogP contribution in [-0.4, -0.2) is 36.1 Å². The van der Waals surface area contributed by atoms with E-state index < -0.39 is 0 Å². The van der Waals surface area contributed by atoms with E-state index in [-0.39, 0.29) is 0 Å². The number of nitrogens with one attached hydrogen (secondary N) is 1. The van der Waals surface area contributed by atoms with Gasteiger partial charge in [-0.15, -0.1) is 0 Å². The first-order valence-electron chi connectivity index (χ1n) is 7.22. The number of piperazine rings is 1. The molecule has 0 amide bonds. The van der Waals surface area contributed by atoms with Crippen molar-refractivity contribution in [2.45, 2.75) is 58.0 Å². The Morgan fingerprint density at radius 2 is 2.00 bits per heavy atom. The summed E-state index contributed by atoms with van der Waals surface area (Å²) in [5.74, 6) is 0. The van der Waals surface area contributed by atoms with E-state index in [1.54, 1.807) is 5.54 Å². The van der Waals surface area contributed by atoms with E-state index in [9.17, 15) is 0 Å². The number of hydrogen-bond acceptors (Lipinski definition) is 2. The van der Waals surface area contributed by atoms with Crippen molar-refractivity contribution in [3.63, 3.8) is 0 Å². The average molecular weight is 271 g/mol. The van der Waals surface area contributed by atoms with Crippen LogP contribution in [0.3, 0.4) is 0 Å². The summed E-state index contributed by atoms with van der Waals surface area (Å²) in [5.41, 5.74) is 2.39. The van der Waals surface area contributed by atoms with Gasteiger partial charge in [0.15, 0.2) is 0 Å². The minimum absolute atomic E-state index is 0.323. The van der Waals surface area contributed by atoms with Gasteiger partial charge in [0.05, 0.1) is 0 Å². The monoisotopic (exact) mass is 270 g/mol. The fourth-order valence-corrected chi connectivity index (χ4v) is 3.52. The third kappa shape index (κ3) is 2.92. The van der Waals surface area contributed by atoms with Crippen LogP contribution in [0.15, 0.2) is 11.6 Å². The SMILES string of the molecule is CC(C)(C)C1CN(C/C=C/Cl)C2(CCCC2)CN1. The molecule has 0 aromatic heterocycles. The van der Waals surface area contributed by atoms with Crippen molar-refractivity contribution in [1.82, 2.24) is 10.2 Å². The van der Waals surface area contributed by atoms with Gasteiger partial charge in [0.1, 0.15) is 0 Å². The smallest absolute Gasteiger partial charge is 0.0338 e. The lowest BCUT2D eigenvalue weighted by atomic mass is 9.81.